The molecule has 0 bridgehead atoms. The minimum Gasteiger partial charge on any atom is -0.366 e. The monoisotopic (exact) mass is 449 g/mol. The van der Waals surface area contributed by atoms with Crippen molar-refractivity contribution in [2.24, 2.45) is 0 Å². The molecule has 7 heteroatoms. The number of nitrogens with one attached hydrogen (secondary N) is 1. The van der Waals surface area contributed by atoms with Crippen LogP contribution in [-0.2, 0) is 10.4 Å². The fourth-order valence-corrected chi connectivity index (χ4v) is 3.37. The van der Waals surface area contributed by atoms with Crippen LogP contribution in [0.4, 0.5) is 5.69 Å². The molecule has 34 heavy (non-hydrogen) atoms. The Morgan fingerprint density at radius 1 is 1.00 bits per heavy atom. The summed E-state index contributed by atoms with van der Waals surface area (Å²) < 4.78 is 4.73. The third kappa shape index (κ3) is 4.42. The van der Waals surface area contributed by atoms with Crippen LogP contribution >= 0.6 is 0 Å². The zero-order valence-corrected chi connectivity index (χ0v) is 18.4. The lowest BCUT2D eigenvalue weighted by Gasteiger charge is -2.22. The summed E-state index contributed by atoms with van der Waals surface area (Å²) in [5.41, 5.74) is 0.306. The van der Waals surface area contributed by atoms with Crippen LogP contribution in [0.25, 0.3) is 10.8 Å². The van der Waals surface area contributed by atoms with Crippen LogP contribution in [0.2, 0.25) is 0 Å². The maximum atomic E-state index is 13.3. The number of carbonyl (C=O) groups is 1. The number of carbonyl (C=O) groups excluding carboxylic acids is 1. The van der Waals surface area contributed by atoms with Gasteiger partial charge in [-0.1, -0.05) is 40.9 Å². The van der Waals surface area contributed by atoms with E-state index in [4.69, 9.17) is 9.78 Å². The summed E-state index contributed by atoms with van der Waals surface area (Å²) in [7, 11) is 0. The third-order valence-electron chi connectivity index (χ3n) is 5.35. The Balaban J connectivity index is 1.75. The first-order valence-electron chi connectivity index (χ1n) is 10.3. The number of benzene rings is 3. The van der Waals surface area contributed by atoms with Gasteiger partial charge in [-0.3, -0.25) is 4.79 Å². The first-order valence-corrected chi connectivity index (χ1v) is 10.3. The number of anilines is 1. The standard InChI is InChI=1S/C27H19N3O4/c1-17-3-5-19(6-4-17)13-14-27(33,21-9-7-20(16-28)8-10-21)26(32)29-22-11-12-23-24(15-22)18(2)30-34-25(23)31/h3-12,15,33H,1-2H3,(H,29,32). The normalized spacial score (nSPS) is 12.2. The van der Waals surface area contributed by atoms with Crippen molar-refractivity contribution in [3.8, 4) is 17.9 Å². The smallest absolute Gasteiger partial charge is 0.366 e. The molecular weight excluding hydrogens is 430 g/mol. The van der Waals surface area contributed by atoms with Gasteiger partial charge in [0.25, 0.3) is 5.91 Å². The number of nitriles is 1. The molecule has 1 amide bonds. The molecule has 0 spiro atoms. The van der Waals surface area contributed by atoms with Crippen LogP contribution in [0.3, 0.4) is 0 Å². The Morgan fingerprint density at radius 2 is 1.68 bits per heavy atom. The van der Waals surface area contributed by atoms with Crippen LogP contribution in [-0.4, -0.2) is 16.2 Å². The van der Waals surface area contributed by atoms with Crippen molar-refractivity contribution in [3.05, 3.63) is 105 Å². The zero-order chi connectivity index (χ0) is 24.3. The first-order chi connectivity index (χ1) is 16.3. The number of aromatic nitrogens is 1. The zero-order valence-electron chi connectivity index (χ0n) is 18.4. The quantitative estimate of drug-likeness (QED) is 0.462. The molecule has 166 valence electrons. The van der Waals surface area contributed by atoms with E-state index in [2.05, 4.69) is 22.3 Å². The lowest BCUT2D eigenvalue weighted by atomic mass is 9.92. The first kappa shape index (κ1) is 22.5. The van der Waals surface area contributed by atoms with Gasteiger partial charge in [0, 0.05) is 22.2 Å². The SMILES string of the molecule is Cc1ccc(C#CC(O)(C(=O)Nc2ccc3c(=O)onc(C)c3c2)c2ccc(C#N)cc2)cc1. The maximum Gasteiger partial charge on any atom is 0.366 e. The number of fused-ring (bicyclic) bond motifs is 1. The van der Waals surface area contributed by atoms with Crippen molar-refractivity contribution >= 4 is 22.4 Å². The molecule has 0 saturated heterocycles. The predicted octanol–water partition coefficient (Wildman–Crippen LogP) is 3.55. The molecule has 1 atom stereocenters. The minimum absolute atomic E-state index is 0.211. The van der Waals surface area contributed by atoms with E-state index in [0.29, 0.717) is 33.3 Å². The van der Waals surface area contributed by atoms with Crippen molar-refractivity contribution in [1.29, 1.82) is 5.26 Å². The molecule has 4 rings (SSSR count). The topological polar surface area (TPSA) is 116 Å². The molecule has 1 heterocycles. The highest BCUT2D eigenvalue weighted by atomic mass is 16.5. The molecule has 7 nitrogen and oxygen atoms in total. The Kier molecular flexibility index (Phi) is 5.97. The van der Waals surface area contributed by atoms with Crippen LogP contribution in [0, 0.1) is 37.0 Å². The average molecular weight is 449 g/mol. The molecule has 4 aromatic rings. The molecular formula is C27H19N3O4. The number of rotatable bonds is 3. The molecule has 0 aliphatic heterocycles. The van der Waals surface area contributed by atoms with Crippen molar-refractivity contribution in [1.82, 2.24) is 5.16 Å². The third-order valence-corrected chi connectivity index (χ3v) is 5.35. The summed E-state index contributed by atoms with van der Waals surface area (Å²) in [5, 5.41) is 27.8. The number of aryl methyl sites for hydroxylation is 2. The number of nitrogens with zero attached hydrogens (tertiary/aromatic N) is 2. The van der Waals surface area contributed by atoms with E-state index < -0.39 is 17.1 Å². The van der Waals surface area contributed by atoms with E-state index >= 15 is 0 Å². The molecule has 3 aromatic carbocycles. The number of aliphatic hydroxyl groups is 1. The highest BCUT2D eigenvalue weighted by Crippen LogP contribution is 2.25. The van der Waals surface area contributed by atoms with Gasteiger partial charge in [-0.2, -0.15) is 5.26 Å². The van der Waals surface area contributed by atoms with E-state index in [1.54, 1.807) is 25.1 Å². The Morgan fingerprint density at radius 3 is 2.35 bits per heavy atom. The van der Waals surface area contributed by atoms with Crippen molar-refractivity contribution in [2.45, 2.75) is 19.4 Å². The number of amides is 1. The van der Waals surface area contributed by atoms with Crippen molar-refractivity contribution < 1.29 is 14.4 Å². The molecule has 0 saturated carbocycles. The second-order valence-corrected chi connectivity index (χ2v) is 7.79. The van der Waals surface area contributed by atoms with Crippen molar-refractivity contribution in [2.75, 3.05) is 5.32 Å². The molecule has 0 fully saturated rings. The van der Waals surface area contributed by atoms with E-state index in [9.17, 15) is 14.7 Å². The van der Waals surface area contributed by atoms with E-state index in [0.717, 1.165) is 5.56 Å². The Hall–Kier alpha value is -4.72. The summed E-state index contributed by atoms with van der Waals surface area (Å²) in [6, 6.07) is 20.0. The van der Waals surface area contributed by atoms with Gasteiger partial charge in [-0.05, 0) is 62.2 Å². The molecule has 0 aliphatic carbocycles. The van der Waals surface area contributed by atoms with Gasteiger partial charge in [0.1, 0.15) is 0 Å². The molecule has 1 aromatic heterocycles. The average Bonchev–Trinajstić information content (AvgIpc) is 2.86. The van der Waals surface area contributed by atoms with Gasteiger partial charge in [-0.15, -0.1) is 0 Å². The molecule has 1 unspecified atom stereocenters. The summed E-state index contributed by atoms with van der Waals surface area (Å²) in [6.45, 7) is 3.62. The van der Waals surface area contributed by atoms with E-state index in [1.807, 2.05) is 25.1 Å². The van der Waals surface area contributed by atoms with Gasteiger partial charge in [0.05, 0.1) is 22.7 Å². The lowest BCUT2D eigenvalue weighted by Crippen LogP contribution is -2.39. The lowest BCUT2D eigenvalue weighted by molar-refractivity contribution is -0.129. The van der Waals surface area contributed by atoms with Gasteiger partial charge in [0.2, 0.25) is 5.60 Å². The van der Waals surface area contributed by atoms with Crippen molar-refractivity contribution in [3.63, 3.8) is 0 Å². The van der Waals surface area contributed by atoms with Crippen LogP contribution in [0.15, 0.2) is 76.0 Å². The number of hydrogen-bond acceptors (Lipinski definition) is 6. The number of hydrogen-bond donors (Lipinski definition) is 2. The maximum absolute atomic E-state index is 13.3. The summed E-state index contributed by atoms with van der Waals surface area (Å²) in [6.07, 6.45) is 0. The van der Waals surface area contributed by atoms with Crippen LogP contribution in [0.5, 0.6) is 0 Å². The van der Waals surface area contributed by atoms with E-state index in [-0.39, 0.29) is 5.56 Å². The van der Waals surface area contributed by atoms with Crippen LogP contribution in [0.1, 0.15) is 27.9 Å². The van der Waals surface area contributed by atoms with E-state index in [1.165, 1.54) is 36.4 Å². The largest absolute Gasteiger partial charge is 0.366 e. The predicted molar refractivity (Wildman–Crippen MR) is 127 cm³/mol. The fourth-order valence-electron chi connectivity index (χ4n) is 3.37. The summed E-state index contributed by atoms with van der Waals surface area (Å²) in [4.78, 5) is 25.2. The Bertz CT molecular complexity index is 1550. The highest BCUT2D eigenvalue weighted by Gasteiger charge is 2.36. The van der Waals surface area contributed by atoms with Gasteiger partial charge in [0.15, 0.2) is 0 Å². The second kappa shape index (κ2) is 9.03. The second-order valence-electron chi connectivity index (χ2n) is 7.79. The van der Waals surface area contributed by atoms with Gasteiger partial charge >= 0.3 is 5.63 Å². The van der Waals surface area contributed by atoms with Gasteiger partial charge < -0.3 is 14.9 Å². The highest BCUT2D eigenvalue weighted by molar-refractivity contribution is 6.01. The molecule has 0 radical (unpaired) electrons. The summed E-state index contributed by atoms with van der Waals surface area (Å²) in [5.74, 6) is 4.77. The molecule has 2 N–H and O–H groups in total. The minimum atomic E-state index is -2.21. The molecule has 0 aliphatic rings. The summed E-state index contributed by atoms with van der Waals surface area (Å²) >= 11 is 0. The Labute approximate surface area is 195 Å². The van der Waals surface area contributed by atoms with Crippen LogP contribution < -0.4 is 10.9 Å². The fraction of sp³-hybridized carbons (Fsp3) is 0.111. The van der Waals surface area contributed by atoms with Gasteiger partial charge in [-0.25, -0.2) is 4.79 Å².